The number of para-hydroxylation sites is 1. The van der Waals surface area contributed by atoms with Gasteiger partial charge in [0.25, 0.3) is 11.1 Å². The van der Waals surface area contributed by atoms with Crippen molar-refractivity contribution < 1.29 is 18.8 Å². The molecule has 1 aliphatic rings. The summed E-state index contributed by atoms with van der Waals surface area (Å²) in [4.78, 5) is 38.3. The molecule has 1 aromatic carbocycles. The molecule has 3 amide bonds. The molecule has 3 rings (SSSR count). The van der Waals surface area contributed by atoms with Crippen LogP contribution >= 0.6 is 39.0 Å². The first-order valence-electron chi connectivity index (χ1n) is 6.99. The first kappa shape index (κ1) is 17.8. The van der Waals surface area contributed by atoms with Crippen LogP contribution < -0.4 is 5.32 Å². The molecule has 0 saturated carbocycles. The molecule has 1 aliphatic heterocycles. The van der Waals surface area contributed by atoms with E-state index in [4.69, 9.17) is 0 Å². The van der Waals surface area contributed by atoms with Crippen molar-refractivity contribution in [1.82, 2.24) is 4.90 Å². The van der Waals surface area contributed by atoms with Crippen molar-refractivity contribution in [2.24, 2.45) is 0 Å². The molecule has 0 aliphatic carbocycles. The van der Waals surface area contributed by atoms with Gasteiger partial charge in [0.1, 0.15) is 12.4 Å². The van der Waals surface area contributed by atoms with Crippen molar-refractivity contribution in [3.05, 3.63) is 55.8 Å². The fourth-order valence-corrected chi connectivity index (χ4v) is 4.34. The van der Waals surface area contributed by atoms with Gasteiger partial charge in [-0.3, -0.25) is 19.3 Å². The van der Waals surface area contributed by atoms with E-state index < -0.39 is 29.4 Å². The number of thioether (sulfide) groups is 1. The number of thiophene rings is 1. The molecule has 1 saturated heterocycles. The van der Waals surface area contributed by atoms with Gasteiger partial charge in [0.2, 0.25) is 5.91 Å². The summed E-state index contributed by atoms with van der Waals surface area (Å²) in [6.45, 7) is -0.468. The van der Waals surface area contributed by atoms with Crippen molar-refractivity contribution >= 4 is 67.8 Å². The molecule has 0 spiro atoms. The van der Waals surface area contributed by atoms with Crippen molar-refractivity contribution in [3.8, 4) is 0 Å². The number of hydrogen-bond acceptors (Lipinski definition) is 5. The fourth-order valence-electron chi connectivity index (χ4n) is 2.07. The number of hydrogen-bond donors (Lipinski definition) is 1. The summed E-state index contributed by atoms with van der Waals surface area (Å²) in [5.74, 6) is -1.77. The third kappa shape index (κ3) is 4.17. The molecule has 128 valence electrons. The number of carbonyl (C=O) groups is 3. The van der Waals surface area contributed by atoms with Gasteiger partial charge in [-0.25, -0.2) is 4.39 Å². The summed E-state index contributed by atoms with van der Waals surface area (Å²) >= 11 is 5.52. The summed E-state index contributed by atoms with van der Waals surface area (Å²) in [7, 11) is 0. The van der Waals surface area contributed by atoms with Gasteiger partial charge in [-0.2, -0.15) is 0 Å². The van der Waals surface area contributed by atoms with E-state index in [9.17, 15) is 18.8 Å². The van der Waals surface area contributed by atoms with Gasteiger partial charge in [-0.15, -0.1) is 11.3 Å². The summed E-state index contributed by atoms with van der Waals surface area (Å²) in [5.41, 5.74) is -0.00144. The van der Waals surface area contributed by atoms with Crippen LogP contribution in [0.1, 0.15) is 4.88 Å². The Morgan fingerprint density at radius 2 is 2.00 bits per heavy atom. The quantitative estimate of drug-likeness (QED) is 0.718. The lowest BCUT2D eigenvalue weighted by atomic mass is 10.3. The summed E-state index contributed by atoms with van der Waals surface area (Å²) in [5, 5.41) is 1.82. The lowest BCUT2D eigenvalue weighted by Gasteiger charge is -2.12. The largest absolute Gasteiger partial charge is 0.322 e. The fraction of sp³-hybridized carbons (Fsp3) is 0.0625. The first-order chi connectivity index (χ1) is 11.9. The van der Waals surface area contributed by atoms with Crippen molar-refractivity contribution in [2.45, 2.75) is 0 Å². The number of halogens is 2. The Bertz CT molecular complexity index is 897. The highest BCUT2D eigenvalue weighted by molar-refractivity contribution is 9.11. The van der Waals surface area contributed by atoms with E-state index in [0.717, 1.165) is 25.3 Å². The van der Waals surface area contributed by atoms with Crippen molar-refractivity contribution in [3.63, 3.8) is 0 Å². The van der Waals surface area contributed by atoms with Crippen LogP contribution in [0.25, 0.3) is 6.08 Å². The lowest BCUT2D eigenvalue weighted by Crippen LogP contribution is -2.36. The van der Waals surface area contributed by atoms with Crippen LogP contribution in [0.2, 0.25) is 0 Å². The molecule has 1 N–H and O–H groups in total. The zero-order valence-corrected chi connectivity index (χ0v) is 15.7. The van der Waals surface area contributed by atoms with Gasteiger partial charge in [0.05, 0.1) is 14.4 Å². The van der Waals surface area contributed by atoms with Crippen LogP contribution in [0.3, 0.4) is 0 Å². The van der Waals surface area contributed by atoms with E-state index in [1.807, 2.05) is 12.1 Å². The minimum atomic E-state index is -0.646. The Morgan fingerprint density at radius 3 is 2.68 bits per heavy atom. The van der Waals surface area contributed by atoms with Gasteiger partial charge in [-0.05, 0) is 58.0 Å². The van der Waals surface area contributed by atoms with Gasteiger partial charge >= 0.3 is 0 Å². The van der Waals surface area contributed by atoms with E-state index in [0.29, 0.717) is 0 Å². The third-order valence-electron chi connectivity index (χ3n) is 3.19. The van der Waals surface area contributed by atoms with E-state index in [2.05, 4.69) is 21.2 Å². The normalized spacial score (nSPS) is 15.9. The summed E-state index contributed by atoms with van der Waals surface area (Å²) < 4.78 is 14.4. The predicted molar refractivity (Wildman–Crippen MR) is 99.7 cm³/mol. The Balaban J connectivity index is 1.69. The summed E-state index contributed by atoms with van der Waals surface area (Å²) in [6, 6.07) is 9.32. The molecule has 2 heterocycles. The monoisotopic (exact) mass is 440 g/mol. The number of anilines is 1. The molecule has 5 nitrogen and oxygen atoms in total. The molecule has 0 atom stereocenters. The first-order valence-corrected chi connectivity index (χ1v) is 9.42. The third-order valence-corrected chi connectivity index (χ3v) is 5.67. The van der Waals surface area contributed by atoms with Gasteiger partial charge in [0, 0.05) is 4.88 Å². The highest BCUT2D eigenvalue weighted by Crippen LogP contribution is 2.34. The molecule has 2 aromatic rings. The molecule has 0 radical (unpaired) electrons. The number of rotatable bonds is 4. The second-order valence-corrected chi connectivity index (χ2v) is 8.43. The average molecular weight is 441 g/mol. The van der Waals surface area contributed by atoms with Crippen molar-refractivity contribution in [1.29, 1.82) is 0 Å². The molecular weight excluding hydrogens is 431 g/mol. The van der Waals surface area contributed by atoms with E-state index in [1.54, 1.807) is 12.1 Å². The number of nitrogens with zero attached hydrogens (tertiary/aromatic N) is 1. The zero-order valence-electron chi connectivity index (χ0n) is 12.5. The highest BCUT2D eigenvalue weighted by atomic mass is 79.9. The number of imide groups is 1. The number of benzene rings is 1. The van der Waals surface area contributed by atoms with Gasteiger partial charge in [0.15, 0.2) is 0 Å². The maximum atomic E-state index is 13.5. The standard InChI is InChI=1S/C16H10BrFN2O3S2/c17-13-6-5-9(24-13)7-12-15(22)20(16(23)25-12)8-14(21)19-11-4-2-1-3-10(11)18/h1-7H,8H2,(H,19,21)/b12-7-. The van der Waals surface area contributed by atoms with Crippen LogP contribution in [-0.2, 0) is 9.59 Å². The molecule has 0 unspecified atom stereocenters. The van der Waals surface area contributed by atoms with E-state index in [1.165, 1.54) is 29.5 Å². The maximum Gasteiger partial charge on any atom is 0.294 e. The second-order valence-electron chi connectivity index (χ2n) is 4.94. The van der Waals surface area contributed by atoms with E-state index in [-0.39, 0.29) is 10.6 Å². The molecule has 1 aromatic heterocycles. The Hall–Kier alpha value is -1.97. The number of carbonyl (C=O) groups excluding carboxylic acids is 3. The van der Waals surface area contributed by atoms with Gasteiger partial charge in [-0.1, -0.05) is 12.1 Å². The Labute approximate surface area is 159 Å². The minimum Gasteiger partial charge on any atom is -0.322 e. The minimum absolute atomic E-state index is 0.00144. The molecular formula is C16H10BrFN2O3S2. The SMILES string of the molecule is O=C(CN1C(=O)S/C(=C\c2ccc(Br)s2)C1=O)Nc1ccccc1F. The average Bonchev–Trinajstić information content (AvgIpc) is 3.08. The van der Waals surface area contributed by atoms with Crippen LogP contribution in [0.4, 0.5) is 14.9 Å². The van der Waals surface area contributed by atoms with Crippen LogP contribution in [-0.4, -0.2) is 28.5 Å². The molecule has 0 bridgehead atoms. The predicted octanol–water partition coefficient (Wildman–Crippen LogP) is 4.32. The van der Waals surface area contributed by atoms with Crippen LogP contribution in [0, 0.1) is 5.82 Å². The molecule has 25 heavy (non-hydrogen) atoms. The topological polar surface area (TPSA) is 66.5 Å². The second kappa shape index (κ2) is 7.51. The van der Waals surface area contributed by atoms with E-state index >= 15 is 0 Å². The maximum absolute atomic E-state index is 13.5. The highest BCUT2D eigenvalue weighted by Gasteiger charge is 2.36. The number of nitrogens with one attached hydrogen (secondary N) is 1. The van der Waals surface area contributed by atoms with Crippen LogP contribution in [0.5, 0.6) is 0 Å². The van der Waals surface area contributed by atoms with Crippen molar-refractivity contribution in [2.75, 3.05) is 11.9 Å². The lowest BCUT2D eigenvalue weighted by molar-refractivity contribution is -0.127. The Morgan fingerprint density at radius 1 is 1.24 bits per heavy atom. The Kier molecular flexibility index (Phi) is 5.36. The zero-order chi connectivity index (χ0) is 18.0. The summed E-state index contributed by atoms with van der Waals surface area (Å²) in [6.07, 6.45) is 1.61. The van der Waals surface area contributed by atoms with Crippen LogP contribution in [0.15, 0.2) is 45.1 Å². The number of amides is 3. The molecule has 9 heteroatoms. The van der Waals surface area contributed by atoms with Gasteiger partial charge < -0.3 is 5.32 Å². The molecule has 1 fully saturated rings. The smallest absolute Gasteiger partial charge is 0.294 e.